The molecular formula is C12H15N3OS2. The van der Waals surface area contributed by atoms with Gasteiger partial charge in [0.15, 0.2) is 4.34 Å². The van der Waals surface area contributed by atoms with Crippen LogP contribution < -0.4 is 10.5 Å². The zero-order valence-corrected chi connectivity index (χ0v) is 12.1. The molecule has 6 heteroatoms. The molecule has 18 heavy (non-hydrogen) atoms. The average molecular weight is 281 g/mol. The third kappa shape index (κ3) is 3.61. The molecule has 2 aromatic rings. The lowest BCUT2D eigenvalue weighted by Gasteiger charge is -2.11. The average Bonchev–Trinajstić information content (AvgIpc) is 2.61. The second-order valence-corrected chi connectivity index (χ2v) is 6.60. The van der Waals surface area contributed by atoms with E-state index in [0.717, 1.165) is 20.0 Å². The third-order valence-corrected chi connectivity index (χ3v) is 3.85. The number of aryl methyl sites for hydroxylation is 1. The van der Waals surface area contributed by atoms with E-state index >= 15 is 0 Å². The Morgan fingerprint density at radius 1 is 1.28 bits per heavy atom. The van der Waals surface area contributed by atoms with Crippen LogP contribution in [0, 0.1) is 6.92 Å². The number of nitrogens with two attached hydrogens (primary N) is 1. The van der Waals surface area contributed by atoms with Gasteiger partial charge in [-0.3, -0.25) is 0 Å². The highest BCUT2D eigenvalue weighted by Gasteiger charge is 2.07. The molecule has 0 unspecified atom stereocenters. The van der Waals surface area contributed by atoms with Crippen LogP contribution in [-0.2, 0) is 0 Å². The van der Waals surface area contributed by atoms with Crippen molar-refractivity contribution >= 4 is 28.8 Å². The van der Waals surface area contributed by atoms with Crippen LogP contribution in [0.4, 0.5) is 5.69 Å². The molecule has 0 aliphatic heterocycles. The minimum atomic E-state index is 0.133. The van der Waals surface area contributed by atoms with Gasteiger partial charge in [0.1, 0.15) is 10.8 Å². The molecule has 0 saturated carbocycles. The third-order valence-electron chi connectivity index (χ3n) is 1.99. The van der Waals surface area contributed by atoms with Crippen LogP contribution in [0.15, 0.2) is 27.4 Å². The molecule has 0 aliphatic carbocycles. The number of aromatic nitrogens is 2. The summed E-state index contributed by atoms with van der Waals surface area (Å²) in [6, 6.07) is 5.71. The highest BCUT2D eigenvalue weighted by Crippen LogP contribution is 2.33. The van der Waals surface area contributed by atoms with Gasteiger partial charge in [-0.15, -0.1) is 10.2 Å². The number of nitrogen functional groups attached to an aromatic ring is 1. The largest absolute Gasteiger partial charge is 0.491 e. The molecule has 0 saturated heterocycles. The topological polar surface area (TPSA) is 61.0 Å². The predicted molar refractivity (Wildman–Crippen MR) is 75.4 cm³/mol. The van der Waals surface area contributed by atoms with Crippen molar-refractivity contribution in [3.05, 3.63) is 23.2 Å². The maximum absolute atomic E-state index is 5.87. The van der Waals surface area contributed by atoms with Gasteiger partial charge < -0.3 is 10.5 Å². The maximum Gasteiger partial charge on any atom is 0.179 e. The SMILES string of the molecule is Cc1nnc(Sc2cc(N)cc(OC(C)C)c2)s1. The fourth-order valence-corrected chi connectivity index (χ4v) is 3.30. The summed E-state index contributed by atoms with van der Waals surface area (Å²) in [6.07, 6.45) is 0.133. The summed E-state index contributed by atoms with van der Waals surface area (Å²) in [6.45, 7) is 5.92. The fraction of sp³-hybridized carbons (Fsp3) is 0.333. The lowest BCUT2D eigenvalue weighted by molar-refractivity contribution is 0.242. The van der Waals surface area contributed by atoms with Gasteiger partial charge in [0.05, 0.1) is 6.10 Å². The zero-order valence-electron chi connectivity index (χ0n) is 10.5. The minimum absolute atomic E-state index is 0.133. The van der Waals surface area contributed by atoms with E-state index in [4.69, 9.17) is 10.5 Å². The quantitative estimate of drug-likeness (QED) is 0.871. The number of hydrogen-bond donors (Lipinski definition) is 1. The summed E-state index contributed by atoms with van der Waals surface area (Å²) >= 11 is 3.12. The summed E-state index contributed by atoms with van der Waals surface area (Å²) in [5.41, 5.74) is 6.56. The predicted octanol–water partition coefficient (Wildman–Crippen LogP) is 3.37. The van der Waals surface area contributed by atoms with Crippen LogP contribution in [-0.4, -0.2) is 16.3 Å². The van der Waals surface area contributed by atoms with E-state index in [9.17, 15) is 0 Å². The van der Waals surface area contributed by atoms with Crippen molar-refractivity contribution < 1.29 is 4.74 Å². The summed E-state index contributed by atoms with van der Waals surface area (Å²) in [5, 5.41) is 9.03. The molecule has 0 amide bonds. The van der Waals surface area contributed by atoms with Crippen LogP contribution in [0.5, 0.6) is 5.75 Å². The Kier molecular flexibility index (Phi) is 4.08. The molecule has 2 N–H and O–H groups in total. The molecule has 0 bridgehead atoms. The summed E-state index contributed by atoms with van der Waals surface area (Å²) in [5.74, 6) is 0.786. The van der Waals surface area contributed by atoms with E-state index in [2.05, 4.69) is 10.2 Å². The Labute approximate surface area is 115 Å². The van der Waals surface area contributed by atoms with E-state index in [-0.39, 0.29) is 6.10 Å². The van der Waals surface area contributed by atoms with Gasteiger partial charge in [-0.1, -0.05) is 23.1 Å². The Morgan fingerprint density at radius 3 is 2.67 bits per heavy atom. The zero-order chi connectivity index (χ0) is 13.1. The normalized spacial score (nSPS) is 10.9. The van der Waals surface area contributed by atoms with E-state index in [1.807, 2.05) is 39.0 Å². The van der Waals surface area contributed by atoms with Crippen molar-refractivity contribution in [3.8, 4) is 5.75 Å². The Balaban J connectivity index is 2.19. The summed E-state index contributed by atoms with van der Waals surface area (Å²) in [7, 11) is 0. The number of nitrogens with zero attached hydrogens (tertiary/aromatic N) is 2. The number of ether oxygens (including phenoxy) is 1. The Hall–Kier alpha value is -1.27. The van der Waals surface area contributed by atoms with Gasteiger partial charge in [-0.2, -0.15) is 0 Å². The van der Waals surface area contributed by atoms with Gasteiger partial charge in [-0.05, 0) is 32.9 Å². The molecule has 4 nitrogen and oxygen atoms in total. The van der Waals surface area contributed by atoms with Gasteiger partial charge >= 0.3 is 0 Å². The molecule has 1 aromatic carbocycles. The maximum atomic E-state index is 5.87. The second kappa shape index (κ2) is 5.58. The fourth-order valence-electron chi connectivity index (χ4n) is 1.41. The van der Waals surface area contributed by atoms with Crippen LogP contribution in [0.25, 0.3) is 0 Å². The van der Waals surface area contributed by atoms with Crippen LogP contribution in [0.2, 0.25) is 0 Å². The Bertz CT molecular complexity index is 540. The molecular weight excluding hydrogens is 266 g/mol. The lowest BCUT2D eigenvalue weighted by Crippen LogP contribution is -2.05. The van der Waals surface area contributed by atoms with Crippen molar-refractivity contribution in [3.63, 3.8) is 0 Å². The molecule has 0 aliphatic rings. The van der Waals surface area contributed by atoms with Crippen molar-refractivity contribution in [1.29, 1.82) is 0 Å². The lowest BCUT2D eigenvalue weighted by atomic mass is 10.3. The van der Waals surface area contributed by atoms with Crippen molar-refractivity contribution in [2.24, 2.45) is 0 Å². The Morgan fingerprint density at radius 2 is 2.06 bits per heavy atom. The second-order valence-electron chi connectivity index (χ2n) is 4.09. The molecule has 2 rings (SSSR count). The van der Waals surface area contributed by atoms with E-state index in [1.165, 1.54) is 0 Å². The standard InChI is InChI=1S/C12H15N3OS2/c1-7(2)16-10-4-9(13)5-11(6-10)18-12-15-14-8(3)17-12/h4-7H,13H2,1-3H3. The number of anilines is 1. The molecule has 1 aromatic heterocycles. The summed E-state index contributed by atoms with van der Waals surface area (Å²) < 4.78 is 6.56. The molecule has 0 atom stereocenters. The smallest absolute Gasteiger partial charge is 0.179 e. The van der Waals surface area contributed by atoms with Gasteiger partial charge in [0, 0.05) is 16.6 Å². The number of rotatable bonds is 4. The summed E-state index contributed by atoms with van der Waals surface area (Å²) in [4.78, 5) is 1.02. The van der Waals surface area contributed by atoms with Crippen LogP contribution >= 0.6 is 23.1 Å². The molecule has 0 radical (unpaired) electrons. The molecule has 0 spiro atoms. The first kappa shape index (κ1) is 13.2. The highest BCUT2D eigenvalue weighted by atomic mass is 32.2. The number of benzene rings is 1. The molecule has 96 valence electrons. The van der Waals surface area contributed by atoms with Crippen LogP contribution in [0.3, 0.4) is 0 Å². The van der Waals surface area contributed by atoms with Crippen molar-refractivity contribution in [2.75, 3.05) is 5.73 Å². The van der Waals surface area contributed by atoms with Crippen molar-refractivity contribution in [1.82, 2.24) is 10.2 Å². The first-order chi connectivity index (χ1) is 8.52. The van der Waals surface area contributed by atoms with E-state index in [1.54, 1.807) is 23.1 Å². The van der Waals surface area contributed by atoms with E-state index < -0.39 is 0 Å². The van der Waals surface area contributed by atoms with E-state index in [0.29, 0.717) is 5.69 Å². The molecule has 1 heterocycles. The number of hydrogen-bond acceptors (Lipinski definition) is 6. The first-order valence-corrected chi connectivity index (χ1v) is 7.21. The first-order valence-electron chi connectivity index (χ1n) is 5.58. The van der Waals surface area contributed by atoms with Gasteiger partial charge in [0.2, 0.25) is 0 Å². The minimum Gasteiger partial charge on any atom is -0.491 e. The monoisotopic (exact) mass is 281 g/mol. The van der Waals surface area contributed by atoms with Crippen LogP contribution in [0.1, 0.15) is 18.9 Å². The highest BCUT2D eigenvalue weighted by molar-refractivity contribution is 8.01. The molecule has 0 fully saturated rings. The van der Waals surface area contributed by atoms with Gasteiger partial charge in [-0.25, -0.2) is 0 Å². The van der Waals surface area contributed by atoms with Gasteiger partial charge in [0.25, 0.3) is 0 Å². The van der Waals surface area contributed by atoms with Crippen molar-refractivity contribution in [2.45, 2.75) is 36.1 Å².